The molecule has 0 radical (unpaired) electrons. The minimum atomic E-state index is -0.853. The Morgan fingerprint density at radius 2 is 1.68 bits per heavy atom. The van der Waals surface area contributed by atoms with E-state index in [9.17, 15) is 19.5 Å². The lowest BCUT2D eigenvalue weighted by atomic mass is 9.77. The van der Waals surface area contributed by atoms with Crippen molar-refractivity contribution in [1.29, 1.82) is 0 Å². The van der Waals surface area contributed by atoms with Crippen LogP contribution >= 0.6 is 0 Å². The van der Waals surface area contributed by atoms with Crippen molar-refractivity contribution in [3.8, 4) is 5.75 Å². The van der Waals surface area contributed by atoms with Crippen LogP contribution < -0.4 is 10.1 Å². The van der Waals surface area contributed by atoms with Crippen LogP contribution in [-0.2, 0) is 9.59 Å². The Balaban J connectivity index is 1.25. The third-order valence-electron chi connectivity index (χ3n) is 9.24. The predicted octanol–water partition coefficient (Wildman–Crippen LogP) is 3.59. The van der Waals surface area contributed by atoms with Gasteiger partial charge in [0, 0.05) is 45.7 Å². The van der Waals surface area contributed by atoms with E-state index >= 15 is 0 Å². The molecule has 41 heavy (non-hydrogen) atoms. The van der Waals surface area contributed by atoms with Crippen LogP contribution in [0.1, 0.15) is 94.3 Å². The van der Waals surface area contributed by atoms with Crippen LogP contribution in [0.3, 0.4) is 0 Å². The highest BCUT2D eigenvalue weighted by molar-refractivity contribution is 6.00. The number of piperidine rings is 1. The molecule has 1 aliphatic carbocycles. The van der Waals surface area contributed by atoms with Crippen LogP contribution in [-0.4, -0.2) is 102 Å². The third kappa shape index (κ3) is 7.60. The fraction of sp³-hybridized carbons (Fsp3) is 0.719. The van der Waals surface area contributed by atoms with Crippen LogP contribution in [0.25, 0.3) is 0 Å². The first-order valence-electron chi connectivity index (χ1n) is 15.7. The van der Waals surface area contributed by atoms with E-state index in [1.54, 1.807) is 31.1 Å². The number of likely N-dealkylation sites (tertiary alicyclic amines) is 1. The lowest BCUT2D eigenvalue weighted by molar-refractivity contribution is -0.163. The van der Waals surface area contributed by atoms with Crippen molar-refractivity contribution in [2.24, 2.45) is 0 Å². The number of hydrogen-bond acceptors (Lipinski definition) is 6. The summed E-state index contributed by atoms with van der Waals surface area (Å²) in [5.41, 5.74) is -0.990. The van der Waals surface area contributed by atoms with Gasteiger partial charge >= 0.3 is 0 Å². The molecule has 4 rings (SSSR count). The number of hydrogen-bond donors (Lipinski definition) is 2. The van der Waals surface area contributed by atoms with Gasteiger partial charge in [-0.2, -0.15) is 0 Å². The fourth-order valence-electron chi connectivity index (χ4n) is 6.67. The Hall–Kier alpha value is -2.65. The number of carbonyl (C=O) groups excluding carboxylic acids is 3. The smallest absolute Gasteiger partial charge is 0.253 e. The van der Waals surface area contributed by atoms with Crippen molar-refractivity contribution >= 4 is 17.7 Å². The molecule has 1 aromatic rings. The first kappa shape index (κ1) is 31.3. The number of rotatable bonds is 12. The molecule has 3 fully saturated rings. The van der Waals surface area contributed by atoms with Crippen molar-refractivity contribution in [2.75, 3.05) is 46.9 Å². The van der Waals surface area contributed by atoms with Gasteiger partial charge in [0.25, 0.3) is 5.91 Å². The van der Waals surface area contributed by atoms with E-state index in [2.05, 4.69) is 17.1 Å². The minimum Gasteiger partial charge on any atom is -0.494 e. The van der Waals surface area contributed by atoms with E-state index in [0.717, 1.165) is 70.3 Å². The van der Waals surface area contributed by atoms with Gasteiger partial charge in [-0.05, 0) is 75.8 Å². The summed E-state index contributed by atoms with van der Waals surface area (Å²) in [6.07, 6.45) is 9.81. The van der Waals surface area contributed by atoms with Crippen molar-refractivity contribution in [3.63, 3.8) is 0 Å². The highest BCUT2D eigenvalue weighted by atomic mass is 16.5. The lowest BCUT2D eigenvalue weighted by Gasteiger charge is -2.52. The monoisotopic (exact) mass is 570 g/mol. The number of amides is 3. The zero-order valence-electron chi connectivity index (χ0n) is 25.3. The fourth-order valence-corrected chi connectivity index (χ4v) is 6.67. The van der Waals surface area contributed by atoms with Gasteiger partial charge in [0.15, 0.2) is 0 Å². The van der Waals surface area contributed by atoms with Gasteiger partial charge in [-0.3, -0.25) is 14.4 Å². The molecule has 3 amide bonds. The second kappa shape index (κ2) is 14.0. The Labute approximate surface area is 245 Å². The second-order valence-electron chi connectivity index (χ2n) is 12.5. The van der Waals surface area contributed by atoms with E-state index in [1.165, 1.54) is 0 Å². The zero-order valence-corrected chi connectivity index (χ0v) is 25.3. The van der Waals surface area contributed by atoms with Gasteiger partial charge in [-0.25, -0.2) is 0 Å². The summed E-state index contributed by atoms with van der Waals surface area (Å²) in [4.78, 5) is 45.2. The number of aliphatic hydroxyl groups is 1. The van der Waals surface area contributed by atoms with Crippen LogP contribution in [0.15, 0.2) is 24.3 Å². The van der Waals surface area contributed by atoms with Crippen LogP contribution in [0.5, 0.6) is 5.75 Å². The molecule has 0 unspecified atom stereocenters. The summed E-state index contributed by atoms with van der Waals surface area (Å²) >= 11 is 0. The van der Waals surface area contributed by atoms with Gasteiger partial charge < -0.3 is 29.9 Å². The normalized spacial score (nSPS) is 22.4. The maximum atomic E-state index is 13.7. The van der Waals surface area contributed by atoms with Gasteiger partial charge in [0.05, 0.1) is 12.2 Å². The molecule has 1 aromatic carbocycles. The lowest BCUT2D eigenvalue weighted by Crippen LogP contribution is -2.73. The van der Waals surface area contributed by atoms with Crippen molar-refractivity contribution in [3.05, 3.63) is 29.8 Å². The molecular formula is C32H50N4O5. The number of nitrogens with zero attached hydrogens (tertiary/aromatic N) is 3. The van der Waals surface area contributed by atoms with Gasteiger partial charge in [0.2, 0.25) is 11.8 Å². The first-order chi connectivity index (χ1) is 19.7. The molecule has 2 aliphatic heterocycles. The number of carbonyl (C=O) groups is 3. The summed E-state index contributed by atoms with van der Waals surface area (Å²) in [5.74, 6) is 0.682. The van der Waals surface area contributed by atoms with Crippen molar-refractivity contribution < 1.29 is 24.2 Å². The topological polar surface area (TPSA) is 102 Å². The quantitative estimate of drug-likeness (QED) is 0.373. The Kier molecular flexibility index (Phi) is 10.7. The molecule has 2 saturated heterocycles. The standard InChI is InChI=1S/C32H50N4O5/c1-4-5-20-36-29(38)27(24-31(40)15-7-6-8-16-31)33-30(39)32(36)17-21-35(22-18-32)19-9-10-23-41-26-13-11-25(12-14-26)28(37)34(2)3/h11-14,27,40H,4-10,15-24H2,1-3H3,(H,33,39)/t27-/m1/s1. The average molecular weight is 571 g/mol. The number of ether oxygens (including phenoxy) is 1. The summed E-state index contributed by atoms with van der Waals surface area (Å²) in [7, 11) is 3.47. The van der Waals surface area contributed by atoms with E-state index in [0.29, 0.717) is 50.8 Å². The molecule has 2 heterocycles. The number of piperazine rings is 1. The molecular weight excluding hydrogens is 520 g/mol. The van der Waals surface area contributed by atoms with Crippen LogP contribution in [0.4, 0.5) is 0 Å². The van der Waals surface area contributed by atoms with E-state index in [4.69, 9.17) is 4.74 Å². The largest absolute Gasteiger partial charge is 0.494 e. The molecule has 1 spiro atoms. The summed E-state index contributed by atoms with van der Waals surface area (Å²) < 4.78 is 5.87. The van der Waals surface area contributed by atoms with Crippen LogP contribution in [0, 0.1) is 0 Å². The minimum absolute atomic E-state index is 0.0123. The number of nitrogens with one attached hydrogen (secondary N) is 1. The molecule has 9 heteroatoms. The molecule has 2 N–H and O–H groups in total. The summed E-state index contributed by atoms with van der Waals surface area (Å²) in [6.45, 7) is 5.79. The molecule has 3 aliphatic rings. The SMILES string of the molecule is CCCCN1C(=O)[C@@H](CC2(O)CCCCC2)NC(=O)C12CCN(CCCCOc1ccc(C(=O)N(C)C)cc1)CC2. The Bertz CT molecular complexity index is 1030. The average Bonchev–Trinajstić information content (AvgIpc) is 2.97. The third-order valence-corrected chi connectivity index (χ3v) is 9.24. The number of unbranched alkanes of at least 4 members (excludes halogenated alkanes) is 2. The number of benzene rings is 1. The Morgan fingerprint density at radius 3 is 2.32 bits per heavy atom. The molecule has 9 nitrogen and oxygen atoms in total. The maximum absolute atomic E-state index is 13.7. The van der Waals surface area contributed by atoms with Gasteiger partial charge in [0.1, 0.15) is 17.3 Å². The van der Waals surface area contributed by atoms with Gasteiger partial charge in [-0.15, -0.1) is 0 Å². The molecule has 1 atom stereocenters. The van der Waals surface area contributed by atoms with Crippen molar-refractivity contribution in [2.45, 2.75) is 101 Å². The van der Waals surface area contributed by atoms with Crippen LogP contribution in [0.2, 0.25) is 0 Å². The van der Waals surface area contributed by atoms with Gasteiger partial charge in [-0.1, -0.05) is 32.6 Å². The van der Waals surface area contributed by atoms with E-state index in [1.807, 2.05) is 17.0 Å². The molecule has 1 saturated carbocycles. The summed E-state index contributed by atoms with van der Waals surface area (Å²) in [5, 5.41) is 14.2. The summed E-state index contributed by atoms with van der Waals surface area (Å²) in [6, 6.07) is 6.62. The predicted molar refractivity (Wildman–Crippen MR) is 159 cm³/mol. The molecule has 228 valence electrons. The highest BCUT2D eigenvalue weighted by Crippen LogP contribution is 2.37. The molecule has 0 aromatic heterocycles. The molecule has 0 bridgehead atoms. The highest BCUT2D eigenvalue weighted by Gasteiger charge is 2.54. The first-order valence-corrected chi connectivity index (χ1v) is 15.7. The Morgan fingerprint density at radius 1 is 1.00 bits per heavy atom. The zero-order chi connectivity index (χ0) is 29.5. The van der Waals surface area contributed by atoms with E-state index < -0.39 is 17.2 Å². The second-order valence-corrected chi connectivity index (χ2v) is 12.5. The van der Waals surface area contributed by atoms with Crippen molar-refractivity contribution in [1.82, 2.24) is 20.0 Å². The van der Waals surface area contributed by atoms with E-state index in [-0.39, 0.29) is 17.7 Å². The maximum Gasteiger partial charge on any atom is 0.253 e.